The molecular formula is C19H19N3O2. The summed E-state index contributed by atoms with van der Waals surface area (Å²) < 4.78 is 1.85. The second-order valence-electron chi connectivity index (χ2n) is 5.72. The number of anilines is 1. The first-order valence-corrected chi connectivity index (χ1v) is 7.71. The van der Waals surface area contributed by atoms with Crippen LogP contribution in [0.15, 0.2) is 60.7 Å². The fraction of sp³-hybridized carbons (Fsp3) is 0.158. The van der Waals surface area contributed by atoms with E-state index in [9.17, 15) is 9.59 Å². The van der Waals surface area contributed by atoms with Crippen molar-refractivity contribution >= 4 is 28.4 Å². The molecule has 0 atom stereocenters. The van der Waals surface area contributed by atoms with E-state index in [4.69, 9.17) is 0 Å². The number of fused-ring (bicyclic) bond motifs is 1. The number of nitrogens with one attached hydrogen (secondary N) is 1. The van der Waals surface area contributed by atoms with Gasteiger partial charge in [0, 0.05) is 30.7 Å². The van der Waals surface area contributed by atoms with Crippen molar-refractivity contribution in [1.29, 1.82) is 0 Å². The average Bonchev–Trinajstić information content (AvgIpc) is 2.92. The van der Waals surface area contributed by atoms with Crippen LogP contribution in [0.2, 0.25) is 0 Å². The van der Waals surface area contributed by atoms with Crippen molar-refractivity contribution < 1.29 is 9.59 Å². The molecule has 0 aliphatic rings. The standard InChI is InChI=1S/C19H19N3O2/c1-21(13-18(23)20-15-9-4-3-5-10-15)19(24)17-12-14-8-6-7-11-16(14)22(17)2/h3-12H,13H2,1-2H3,(H,20,23). The lowest BCUT2D eigenvalue weighted by atomic mass is 10.2. The van der Waals surface area contributed by atoms with Gasteiger partial charge in [0.2, 0.25) is 5.91 Å². The minimum atomic E-state index is -0.226. The summed E-state index contributed by atoms with van der Waals surface area (Å²) in [5.74, 6) is -0.410. The largest absolute Gasteiger partial charge is 0.340 e. The van der Waals surface area contributed by atoms with Crippen molar-refractivity contribution in [2.45, 2.75) is 0 Å². The first-order valence-electron chi connectivity index (χ1n) is 7.71. The summed E-state index contributed by atoms with van der Waals surface area (Å²) in [5.41, 5.74) is 2.27. The zero-order valence-electron chi connectivity index (χ0n) is 13.7. The minimum absolute atomic E-state index is 0.00471. The quantitative estimate of drug-likeness (QED) is 0.803. The van der Waals surface area contributed by atoms with Crippen molar-refractivity contribution in [3.63, 3.8) is 0 Å². The summed E-state index contributed by atoms with van der Waals surface area (Å²) in [5, 5.41) is 3.79. The smallest absolute Gasteiger partial charge is 0.270 e. The van der Waals surface area contributed by atoms with E-state index < -0.39 is 0 Å². The summed E-state index contributed by atoms with van der Waals surface area (Å²) >= 11 is 0. The van der Waals surface area contributed by atoms with Gasteiger partial charge in [0.05, 0.1) is 6.54 Å². The van der Waals surface area contributed by atoms with Crippen LogP contribution in [-0.2, 0) is 11.8 Å². The van der Waals surface area contributed by atoms with Gasteiger partial charge in [0.1, 0.15) is 5.69 Å². The molecule has 24 heavy (non-hydrogen) atoms. The molecule has 0 aliphatic carbocycles. The Balaban J connectivity index is 1.72. The van der Waals surface area contributed by atoms with E-state index >= 15 is 0 Å². The highest BCUT2D eigenvalue weighted by atomic mass is 16.2. The van der Waals surface area contributed by atoms with Crippen LogP contribution in [0.4, 0.5) is 5.69 Å². The molecule has 1 heterocycles. The molecule has 0 bridgehead atoms. The zero-order chi connectivity index (χ0) is 17.1. The van der Waals surface area contributed by atoms with Gasteiger partial charge in [-0.3, -0.25) is 9.59 Å². The van der Waals surface area contributed by atoms with Crippen LogP contribution in [-0.4, -0.2) is 34.9 Å². The van der Waals surface area contributed by atoms with Crippen molar-refractivity contribution in [2.75, 3.05) is 18.9 Å². The third-order valence-electron chi connectivity index (χ3n) is 3.96. The van der Waals surface area contributed by atoms with E-state index in [1.165, 1.54) is 4.90 Å². The molecule has 2 aromatic carbocycles. The van der Waals surface area contributed by atoms with E-state index in [-0.39, 0.29) is 18.4 Å². The molecule has 1 aromatic heterocycles. The Morgan fingerprint density at radius 2 is 1.71 bits per heavy atom. The van der Waals surface area contributed by atoms with E-state index in [2.05, 4.69) is 5.32 Å². The molecule has 3 rings (SSSR count). The van der Waals surface area contributed by atoms with Gasteiger partial charge >= 0.3 is 0 Å². The number of rotatable bonds is 4. The lowest BCUT2D eigenvalue weighted by molar-refractivity contribution is -0.116. The van der Waals surface area contributed by atoms with Gasteiger partial charge in [-0.1, -0.05) is 36.4 Å². The third-order valence-corrected chi connectivity index (χ3v) is 3.96. The average molecular weight is 321 g/mol. The highest BCUT2D eigenvalue weighted by Gasteiger charge is 2.19. The van der Waals surface area contributed by atoms with Crippen LogP contribution in [0.1, 0.15) is 10.5 Å². The van der Waals surface area contributed by atoms with Gasteiger partial charge in [-0.05, 0) is 24.3 Å². The Hall–Kier alpha value is -3.08. The SMILES string of the molecule is CN(CC(=O)Nc1ccccc1)C(=O)c1cc2ccccc2n1C. The lowest BCUT2D eigenvalue weighted by Gasteiger charge is -2.17. The Labute approximate surface area is 140 Å². The van der Waals surface area contributed by atoms with E-state index in [1.54, 1.807) is 7.05 Å². The van der Waals surface area contributed by atoms with Gasteiger partial charge in [-0.25, -0.2) is 0 Å². The third kappa shape index (κ3) is 3.15. The topological polar surface area (TPSA) is 54.3 Å². The Kier molecular flexibility index (Phi) is 4.33. The van der Waals surface area contributed by atoms with Gasteiger partial charge in [0.15, 0.2) is 0 Å². The number of para-hydroxylation sites is 2. The number of carbonyl (C=O) groups excluding carboxylic acids is 2. The fourth-order valence-corrected chi connectivity index (χ4v) is 2.70. The summed E-state index contributed by atoms with van der Waals surface area (Å²) in [6.07, 6.45) is 0. The van der Waals surface area contributed by atoms with E-state index in [0.29, 0.717) is 11.4 Å². The van der Waals surface area contributed by atoms with Crippen LogP contribution in [0.5, 0.6) is 0 Å². The van der Waals surface area contributed by atoms with Crippen LogP contribution >= 0.6 is 0 Å². The second kappa shape index (κ2) is 6.58. The van der Waals surface area contributed by atoms with Crippen LogP contribution in [0.3, 0.4) is 0 Å². The maximum absolute atomic E-state index is 12.6. The molecule has 0 fully saturated rings. The zero-order valence-corrected chi connectivity index (χ0v) is 13.7. The number of benzene rings is 2. The molecule has 0 saturated heterocycles. The Morgan fingerprint density at radius 1 is 1.04 bits per heavy atom. The maximum Gasteiger partial charge on any atom is 0.270 e. The lowest BCUT2D eigenvalue weighted by Crippen LogP contribution is -2.35. The van der Waals surface area contributed by atoms with Crippen molar-refractivity contribution in [3.8, 4) is 0 Å². The molecule has 2 amide bonds. The normalized spacial score (nSPS) is 10.6. The van der Waals surface area contributed by atoms with Crippen molar-refractivity contribution in [3.05, 3.63) is 66.4 Å². The monoisotopic (exact) mass is 321 g/mol. The minimum Gasteiger partial charge on any atom is -0.340 e. The van der Waals surface area contributed by atoms with Gasteiger partial charge in [0.25, 0.3) is 5.91 Å². The number of carbonyl (C=O) groups is 2. The Morgan fingerprint density at radius 3 is 2.42 bits per heavy atom. The molecular weight excluding hydrogens is 302 g/mol. The van der Waals surface area contributed by atoms with E-state index in [1.807, 2.05) is 72.3 Å². The highest BCUT2D eigenvalue weighted by molar-refractivity contribution is 6.01. The van der Waals surface area contributed by atoms with Crippen molar-refractivity contribution in [2.24, 2.45) is 7.05 Å². The van der Waals surface area contributed by atoms with Crippen LogP contribution in [0.25, 0.3) is 10.9 Å². The van der Waals surface area contributed by atoms with Gasteiger partial charge in [-0.15, -0.1) is 0 Å². The number of hydrogen-bond acceptors (Lipinski definition) is 2. The molecule has 1 N–H and O–H groups in total. The number of amides is 2. The number of hydrogen-bond donors (Lipinski definition) is 1. The second-order valence-corrected chi connectivity index (χ2v) is 5.72. The number of likely N-dealkylation sites (N-methyl/N-ethyl adjacent to an activating group) is 1. The molecule has 5 heteroatoms. The summed E-state index contributed by atoms with van der Waals surface area (Å²) in [4.78, 5) is 26.2. The summed E-state index contributed by atoms with van der Waals surface area (Å²) in [6.45, 7) is -0.00471. The fourth-order valence-electron chi connectivity index (χ4n) is 2.70. The predicted molar refractivity (Wildman–Crippen MR) is 95.0 cm³/mol. The molecule has 0 spiro atoms. The van der Waals surface area contributed by atoms with Crippen molar-refractivity contribution in [1.82, 2.24) is 9.47 Å². The molecule has 122 valence electrons. The Bertz CT molecular complexity index is 884. The highest BCUT2D eigenvalue weighted by Crippen LogP contribution is 2.19. The molecule has 5 nitrogen and oxygen atoms in total. The number of aryl methyl sites for hydroxylation is 1. The van der Waals surface area contributed by atoms with Gasteiger partial charge in [-0.2, -0.15) is 0 Å². The number of aromatic nitrogens is 1. The van der Waals surface area contributed by atoms with Gasteiger partial charge < -0.3 is 14.8 Å². The first-order chi connectivity index (χ1) is 11.6. The van der Waals surface area contributed by atoms with Crippen LogP contribution < -0.4 is 5.32 Å². The predicted octanol–water partition coefficient (Wildman–Crippen LogP) is 2.89. The summed E-state index contributed by atoms with van der Waals surface area (Å²) in [7, 11) is 3.48. The molecule has 3 aromatic rings. The first kappa shape index (κ1) is 15.8. The summed E-state index contributed by atoms with van der Waals surface area (Å²) in [6, 6.07) is 18.9. The molecule has 0 aliphatic heterocycles. The van der Waals surface area contributed by atoms with Crippen LogP contribution in [0, 0.1) is 0 Å². The maximum atomic E-state index is 12.6. The number of nitrogens with zero attached hydrogens (tertiary/aromatic N) is 2. The molecule has 0 saturated carbocycles. The van der Waals surface area contributed by atoms with E-state index in [0.717, 1.165) is 10.9 Å². The molecule has 0 radical (unpaired) electrons. The molecule has 0 unspecified atom stereocenters.